The van der Waals surface area contributed by atoms with Crippen LogP contribution in [-0.4, -0.2) is 118 Å². The van der Waals surface area contributed by atoms with Crippen molar-refractivity contribution < 1.29 is 0 Å². The molecule has 0 aromatic carbocycles. The normalized spacial score (nSPS) is 10.7. The third-order valence-corrected chi connectivity index (χ3v) is 9.58. The van der Waals surface area contributed by atoms with Gasteiger partial charge in [-0.3, -0.25) is 9.38 Å². The minimum absolute atomic E-state index is 0.637. The van der Waals surface area contributed by atoms with Gasteiger partial charge in [-0.2, -0.15) is 30.5 Å². The highest BCUT2D eigenvalue weighted by atomic mass is 15.3. The maximum Gasteiger partial charge on any atom is 0.252 e. The summed E-state index contributed by atoms with van der Waals surface area (Å²) in [5, 5.41) is 19.6. The molecular weight excluding hydrogens is 913 g/mol. The molecule has 0 saturated carbocycles. The lowest BCUT2D eigenvalue weighted by Crippen LogP contribution is -1.86. The highest BCUT2D eigenvalue weighted by Gasteiger charge is 2.04. The number of pyridine rings is 4. The summed E-state index contributed by atoms with van der Waals surface area (Å²) in [5.41, 5.74) is 5.85. The molecule has 15 aromatic heterocycles. The second-order valence-corrected chi connectivity index (χ2v) is 14.2. The Balaban J connectivity index is 0.000000102. The van der Waals surface area contributed by atoms with Crippen LogP contribution in [-0.2, 0) is 6.42 Å². The molecule has 0 N–H and O–H groups in total. The van der Waals surface area contributed by atoms with E-state index < -0.39 is 0 Å². The van der Waals surface area contributed by atoms with Gasteiger partial charge in [0.2, 0.25) is 5.78 Å². The summed E-state index contributed by atoms with van der Waals surface area (Å²) in [6, 6.07) is 29.1. The highest BCUT2D eigenvalue weighted by Crippen LogP contribution is 2.19. The van der Waals surface area contributed by atoms with Gasteiger partial charge in [0.1, 0.15) is 37.3 Å². The minimum Gasteiger partial charge on any atom is -0.307 e. The van der Waals surface area contributed by atoms with E-state index in [0.29, 0.717) is 5.78 Å². The fourth-order valence-electron chi connectivity index (χ4n) is 6.22. The molecule has 24 heteroatoms. The van der Waals surface area contributed by atoms with Gasteiger partial charge < -0.3 is 4.40 Å². The van der Waals surface area contributed by atoms with Crippen molar-refractivity contribution in [2.75, 3.05) is 0 Å². The van der Waals surface area contributed by atoms with Crippen LogP contribution in [0.3, 0.4) is 0 Å². The summed E-state index contributed by atoms with van der Waals surface area (Å²) in [7, 11) is 0. The average molecular weight is 953 g/mol. The largest absolute Gasteiger partial charge is 0.307 e. The molecule has 0 aliphatic carbocycles. The molecule has 0 fully saturated rings. The van der Waals surface area contributed by atoms with Crippen LogP contribution in [0.1, 0.15) is 5.56 Å². The zero-order chi connectivity index (χ0) is 48.8. The molecule has 0 spiro atoms. The van der Waals surface area contributed by atoms with Crippen LogP contribution in [0.4, 0.5) is 5.82 Å². The summed E-state index contributed by atoms with van der Waals surface area (Å²) in [6.45, 7) is 0. The van der Waals surface area contributed by atoms with Crippen LogP contribution in [0.15, 0.2) is 233 Å². The van der Waals surface area contributed by atoms with Crippen LogP contribution in [0.5, 0.6) is 0 Å². The van der Waals surface area contributed by atoms with Crippen LogP contribution >= 0.6 is 0 Å². The monoisotopic (exact) mass is 952 g/mol. The number of aliphatic imine (C=N–C) groups is 1. The Bertz CT molecular complexity index is 3130. The van der Waals surface area contributed by atoms with E-state index in [-0.39, 0.29) is 0 Å². The van der Waals surface area contributed by atoms with Gasteiger partial charge in [-0.15, -0.1) is 0 Å². The van der Waals surface area contributed by atoms with E-state index >= 15 is 0 Å². The lowest BCUT2D eigenvalue weighted by Gasteiger charge is -1.90. The Morgan fingerprint density at radius 2 is 1.00 bits per heavy atom. The second kappa shape index (κ2) is 24.2. The van der Waals surface area contributed by atoms with Crippen LogP contribution < -0.4 is 0 Å². The van der Waals surface area contributed by atoms with Crippen molar-refractivity contribution in [1.82, 2.24) is 112 Å². The SMILES string of the molecule is C1=Nc2ncccc2C1.c1cc2ncnn2cn1.c1ccn2ccnc2c1.c1ccn2nccc2c1.c1ccn2ncnc2c1.c1cn2ncnc2cn1.c1cnc2nccn2c1.c1cnc2ncnn2c1. The molecule has 16 rings (SSSR count). The summed E-state index contributed by atoms with van der Waals surface area (Å²) < 4.78 is 12.3. The maximum absolute atomic E-state index is 4.08. The molecule has 1 aliphatic rings. The lowest BCUT2D eigenvalue weighted by atomic mass is 10.2. The number of aromatic nitrogens is 23. The number of hydrogen-bond donors (Lipinski definition) is 0. The van der Waals surface area contributed by atoms with Crippen molar-refractivity contribution in [3.63, 3.8) is 0 Å². The molecule has 0 unspecified atom stereocenters. The predicted molar refractivity (Wildman–Crippen MR) is 265 cm³/mol. The van der Waals surface area contributed by atoms with Gasteiger partial charge in [-0.1, -0.05) is 24.3 Å². The first-order valence-corrected chi connectivity index (χ1v) is 21.7. The van der Waals surface area contributed by atoms with E-state index in [0.717, 1.165) is 46.1 Å². The Labute approximate surface area is 407 Å². The number of imidazole rings is 2. The first-order valence-electron chi connectivity index (χ1n) is 21.7. The third-order valence-electron chi connectivity index (χ3n) is 9.58. The molecule has 0 bridgehead atoms. The van der Waals surface area contributed by atoms with Crippen LogP contribution in [0, 0.1) is 0 Å². The highest BCUT2D eigenvalue weighted by molar-refractivity contribution is 5.73. The van der Waals surface area contributed by atoms with Crippen LogP contribution in [0.25, 0.3) is 39.7 Å². The fourth-order valence-corrected chi connectivity index (χ4v) is 6.22. The van der Waals surface area contributed by atoms with Crippen LogP contribution in [0.2, 0.25) is 0 Å². The van der Waals surface area contributed by atoms with Gasteiger partial charge in [-0.05, 0) is 60.7 Å². The fraction of sp³-hybridized carbons (Fsp3) is 0.0208. The molecule has 16 heterocycles. The third kappa shape index (κ3) is 12.7. The summed E-state index contributed by atoms with van der Waals surface area (Å²) in [4.78, 5) is 47.5. The quantitative estimate of drug-likeness (QED) is 0.173. The van der Waals surface area contributed by atoms with Gasteiger partial charge in [0, 0.05) is 123 Å². The van der Waals surface area contributed by atoms with Gasteiger partial charge in [0.15, 0.2) is 22.8 Å². The van der Waals surface area contributed by atoms with Crippen molar-refractivity contribution in [3.05, 3.63) is 234 Å². The summed E-state index contributed by atoms with van der Waals surface area (Å²) in [6.07, 6.45) is 41.0. The van der Waals surface area contributed by atoms with Crippen molar-refractivity contribution in [1.29, 1.82) is 0 Å². The van der Waals surface area contributed by atoms with Gasteiger partial charge in [-0.25, -0.2) is 72.4 Å². The van der Waals surface area contributed by atoms with Gasteiger partial charge >= 0.3 is 0 Å². The van der Waals surface area contributed by atoms with E-state index in [2.05, 4.69) is 91.4 Å². The Kier molecular flexibility index (Phi) is 15.5. The molecule has 72 heavy (non-hydrogen) atoms. The number of rotatable bonds is 0. The topological polar surface area (TPSA) is 249 Å². The molecule has 352 valence electrons. The minimum atomic E-state index is 0.637. The Hall–Kier alpha value is -10.9. The van der Waals surface area contributed by atoms with Crippen molar-refractivity contribution >= 4 is 51.7 Å². The van der Waals surface area contributed by atoms with E-state index in [4.69, 9.17) is 0 Å². The van der Waals surface area contributed by atoms with Crippen molar-refractivity contribution in [2.45, 2.75) is 6.42 Å². The van der Waals surface area contributed by atoms with E-state index in [1.54, 1.807) is 98.6 Å². The summed E-state index contributed by atoms with van der Waals surface area (Å²) >= 11 is 0. The molecule has 15 aromatic rings. The standard InChI is InChI=1S/3C7H6N2.2C6H5N3.3C5H4N4/c1-2-6-3-5-9-7(6)8-4-1;1-2-6-9-7(3-1)4-5-8-9;1-2-5-9-6-4-8-7(9)3-1;1-2-7-6-8-3-5-9(6)4-1;1-2-4-9-6(3-1)7-5-8-9;1-2-9-5(3-6-1)7-4-8-9;1-2-6-4-9-5(1)7-3-8-9;1-2-6-5-7-4-8-9(5)3-1/h1-2,4-5H,3H2;2*1-6H;2*1-5H;3*1-4H. The number of hydrogen-bond acceptors (Lipinski definition) is 17. The number of fused-ring (bicyclic) bond motifs is 8. The smallest absolute Gasteiger partial charge is 0.252 e. The lowest BCUT2D eigenvalue weighted by molar-refractivity contribution is 0.921. The van der Waals surface area contributed by atoms with E-state index in [9.17, 15) is 0 Å². The molecule has 1 aliphatic heterocycles. The maximum atomic E-state index is 4.08. The zero-order valence-electron chi connectivity index (χ0n) is 37.9. The predicted octanol–water partition coefficient (Wildman–Crippen LogP) is 5.84. The molecule has 0 amide bonds. The Morgan fingerprint density at radius 3 is 1.79 bits per heavy atom. The van der Waals surface area contributed by atoms with E-state index in [1.807, 2.05) is 136 Å². The number of nitrogens with zero attached hydrogens (tertiary/aromatic N) is 24. The molecule has 0 atom stereocenters. The molecule has 24 nitrogen and oxygen atoms in total. The second-order valence-electron chi connectivity index (χ2n) is 14.2. The van der Waals surface area contributed by atoms with Gasteiger partial charge in [0.25, 0.3) is 5.78 Å². The first-order chi connectivity index (χ1) is 35.7. The zero-order valence-corrected chi connectivity index (χ0v) is 37.9. The Morgan fingerprint density at radius 1 is 0.347 bits per heavy atom. The molecule has 0 radical (unpaired) electrons. The van der Waals surface area contributed by atoms with Gasteiger partial charge in [0.05, 0.1) is 11.7 Å². The molecule has 0 saturated heterocycles. The average Bonchev–Trinajstić information content (AvgIpc) is 4.31. The van der Waals surface area contributed by atoms with Crippen molar-refractivity contribution in [2.24, 2.45) is 4.99 Å². The van der Waals surface area contributed by atoms with E-state index in [1.165, 1.54) is 30.9 Å². The molecular formula is C48H40N24. The van der Waals surface area contributed by atoms with Crippen molar-refractivity contribution in [3.8, 4) is 0 Å². The summed E-state index contributed by atoms with van der Waals surface area (Å²) in [5.74, 6) is 2.27. The first kappa shape index (κ1) is 46.2.